The molecule has 0 spiro atoms. The van der Waals surface area contributed by atoms with Crippen LogP contribution in [0.25, 0.3) is 0 Å². The van der Waals surface area contributed by atoms with Crippen LogP contribution in [0, 0.1) is 5.92 Å². The monoisotopic (exact) mass is 225 g/mol. The Morgan fingerprint density at radius 3 is 2.69 bits per heavy atom. The molecule has 3 heteroatoms. The third kappa shape index (κ3) is 4.37. The molecule has 0 aliphatic rings. The van der Waals surface area contributed by atoms with Crippen molar-refractivity contribution in [3.05, 3.63) is 24.0 Å². The number of hydrogen-bond acceptors (Lipinski definition) is 2. The highest BCUT2D eigenvalue weighted by Crippen LogP contribution is 2.12. The highest BCUT2D eigenvalue weighted by Gasteiger charge is 2.05. The quantitative estimate of drug-likeness (QED) is 0.724. The van der Waals surface area contributed by atoms with Crippen molar-refractivity contribution in [3.8, 4) is 0 Å². The summed E-state index contributed by atoms with van der Waals surface area (Å²) in [6.45, 7) is 8.52. The van der Waals surface area contributed by atoms with Gasteiger partial charge in [0.25, 0.3) is 0 Å². The Balaban J connectivity index is 2.24. The van der Waals surface area contributed by atoms with Crippen LogP contribution in [-0.4, -0.2) is 22.9 Å². The third-order valence-electron chi connectivity index (χ3n) is 2.61. The molecular weight excluding hydrogens is 202 g/mol. The van der Waals surface area contributed by atoms with E-state index < -0.39 is 6.10 Å². The first-order chi connectivity index (χ1) is 7.61. The molecule has 1 aromatic heterocycles. The Hall–Kier alpha value is -0.800. The second-order valence-corrected chi connectivity index (χ2v) is 4.60. The summed E-state index contributed by atoms with van der Waals surface area (Å²) in [5.74, 6) is 0.694. The molecule has 16 heavy (non-hydrogen) atoms. The number of hydrogen-bond donors (Lipinski definition) is 1. The van der Waals surface area contributed by atoms with Crippen LogP contribution < -0.4 is 0 Å². The van der Waals surface area contributed by atoms with Crippen LogP contribution in [0.1, 0.15) is 39.0 Å². The number of aliphatic hydroxyl groups excluding tert-OH is 1. The number of aliphatic hydroxyl groups is 1. The lowest BCUT2D eigenvalue weighted by atomic mass is 10.1. The molecule has 0 bridgehead atoms. The van der Waals surface area contributed by atoms with Crippen molar-refractivity contribution in [1.82, 2.24) is 4.57 Å². The number of nitrogens with zero attached hydrogens (tertiary/aromatic N) is 1. The molecule has 0 aliphatic carbocycles. The zero-order valence-electron chi connectivity index (χ0n) is 10.5. The minimum Gasteiger partial charge on any atom is -0.387 e. The third-order valence-corrected chi connectivity index (χ3v) is 2.61. The molecule has 1 N–H and O–H groups in total. The van der Waals surface area contributed by atoms with Crippen LogP contribution in [-0.2, 0) is 11.3 Å². The molecule has 1 rings (SSSR count). The lowest BCUT2D eigenvalue weighted by Crippen LogP contribution is -2.10. The number of aromatic nitrogens is 1. The molecule has 1 aromatic rings. The van der Waals surface area contributed by atoms with E-state index in [1.807, 2.05) is 22.9 Å². The van der Waals surface area contributed by atoms with Crippen molar-refractivity contribution in [2.75, 3.05) is 13.2 Å². The van der Waals surface area contributed by atoms with Crippen LogP contribution >= 0.6 is 0 Å². The first-order valence-electron chi connectivity index (χ1n) is 6.02. The summed E-state index contributed by atoms with van der Waals surface area (Å²) >= 11 is 0. The molecule has 1 atom stereocenters. The normalized spacial score (nSPS) is 13.3. The standard InChI is InChI=1S/C13H23NO2/c1-11(2)6-9-16-10-8-14-7-4-5-13(14)12(3)15/h4-5,7,11-12,15H,6,8-10H2,1-3H3. The van der Waals surface area contributed by atoms with Gasteiger partial charge in [0, 0.05) is 25.0 Å². The summed E-state index contributed by atoms with van der Waals surface area (Å²) in [6.07, 6.45) is 2.67. The maximum absolute atomic E-state index is 9.51. The Bertz CT molecular complexity index is 292. The fraction of sp³-hybridized carbons (Fsp3) is 0.692. The van der Waals surface area contributed by atoms with Gasteiger partial charge in [0.05, 0.1) is 12.7 Å². The fourth-order valence-electron chi connectivity index (χ4n) is 1.59. The molecule has 0 aromatic carbocycles. The summed E-state index contributed by atoms with van der Waals surface area (Å²) in [4.78, 5) is 0. The predicted octanol–water partition coefficient (Wildman–Crippen LogP) is 2.60. The molecule has 0 saturated carbocycles. The molecule has 0 aliphatic heterocycles. The van der Waals surface area contributed by atoms with Crippen molar-refractivity contribution in [2.45, 2.75) is 39.8 Å². The first kappa shape index (κ1) is 13.3. The number of ether oxygens (including phenoxy) is 1. The summed E-state index contributed by atoms with van der Waals surface area (Å²) in [5.41, 5.74) is 0.951. The second kappa shape index (κ2) is 6.71. The van der Waals surface area contributed by atoms with E-state index in [0.29, 0.717) is 12.5 Å². The topological polar surface area (TPSA) is 34.4 Å². The van der Waals surface area contributed by atoms with Crippen LogP contribution in [0.3, 0.4) is 0 Å². The predicted molar refractivity (Wildman–Crippen MR) is 65.3 cm³/mol. The van der Waals surface area contributed by atoms with Gasteiger partial charge in [-0.25, -0.2) is 0 Å². The summed E-state index contributed by atoms with van der Waals surface area (Å²) in [6, 6.07) is 3.90. The van der Waals surface area contributed by atoms with E-state index in [1.165, 1.54) is 0 Å². The highest BCUT2D eigenvalue weighted by atomic mass is 16.5. The van der Waals surface area contributed by atoms with E-state index in [1.54, 1.807) is 6.92 Å². The van der Waals surface area contributed by atoms with Gasteiger partial charge in [0.2, 0.25) is 0 Å². The largest absolute Gasteiger partial charge is 0.387 e. The van der Waals surface area contributed by atoms with Crippen molar-refractivity contribution < 1.29 is 9.84 Å². The van der Waals surface area contributed by atoms with E-state index in [0.717, 1.165) is 25.3 Å². The Morgan fingerprint density at radius 2 is 2.06 bits per heavy atom. The van der Waals surface area contributed by atoms with E-state index >= 15 is 0 Å². The fourth-order valence-corrected chi connectivity index (χ4v) is 1.59. The van der Waals surface area contributed by atoms with Gasteiger partial charge in [-0.05, 0) is 31.4 Å². The van der Waals surface area contributed by atoms with Crippen LogP contribution in [0.2, 0.25) is 0 Å². The summed E-state index contributed by atoms with van der Waals surface area (Å²) in [7, 11) is 0. The van der Waals surface area contributed by atoms with Gasteiger partial charge in [-0.15, -0.1) is 0 Å². The van der Waals surface area contributed by atoms with Crippen LogP contribution in [0.4, 0.5) is 0 Å². The minimum atomic E-state index is -0.411. The van der Waals surface area contributed by atoms with Crippen molar-refractivity contribution in [3.63, 3.8) is 0 Å². The van der Waals surface area contributed by atoms with E-state index in [-0.39, 0.29) is 0 Å². The van der Waals surface area contributed by atoms with Gasteiger partial charge in [0.15, 0.2) is 0 Å². The molecule has 0 amide bonds. The average Bonchev–Trinajstić information content (AvgIpc) is 2.65. The maximum atomic E-state index is 9.51. The van der Waals surface area contributed by atoms with Crippen molar-refractivity contribution >= 4 is 0 Å². The first-order valence-corrected chi connectivity index (χ1v) is 6.02. The summed E-state index contributed by atoms with van der Waals surface area (Å²) < 4.78 is 7.59. The molecular formula is C13H23NO2. The summed E-state index contributed by atoms with van der Waals surface area (Å²) in [5, 5.41) is 9.51. The average molecular weight is 225 g/mol. The lowest BCUT2D eigenvalue weighted by Gasteiger charge is -2.12. The van der Waals surface area contributed by atoms with Crippen LogP contribution in [0.5, 0.6) is 0 Å². The SMILES string of the molecule is CC(C)CCOCCn1cccc1C(C)O. The van der Waals surface area contributed by atoms with Gasteiger partial charge in [-0.2, -0.15) is 0 Å². The Morgan fingerprint density at radius 1 is 1.31 bits per heavy atom. The molecule has 3 nitrogen and oxygen atoms in total. The minimum absolute atomic E-state index is 0.411. The maximum Gasteiger partial charge on any atom is 0.0911 e. The van der Waals surface area contributed by atoms with Crippen molar-refractivity contribution in [2.24, 2.45) is 5.92 Å². The molecule has 1 heterocycles. The molecule has 1 unspecified atom stereocenters. The second-order valence-electron chi connectivity index (χ2n) is 4.60. The highest BCUT2D eigenvalue weighted by molar-refractivity contribution is 5.09. The smallest absolute Gasteiger partial charge is 0.0911 e. The zero-order chi connectivity index (χ0) is 12.0. The molecule has 92 valence electrons. The molecule has 0 saturated heterocycles. The van der Waals surface area contributed by atoms with E-state index in [4.69, 9.17) is 4.74 Å². The van der Waals surface area contributed by atoms with Gasteiger partial charge in [-0.1, -0.05) is 13.8 Å². The Kier molecular flexibility index (Phi) is 5.56. The zero-order valence-corrected chi connectivity index (χ0v) is 10.5. The van der Waals surface area contributed by atoms with Gasteiger partial charge in [0.1, 0.15) is 0 Å². The number of rotatable bonds is 7. The van der Waals surface area contributed by atoms with Crippen LogP contribution in [0.15, 0.2) is 18.3 Å². The molecule has 0 fully saturated rings. The van der Waals surface area contributed by atoms with E-state index in [2.05, 4.69) is 13.8 Å². The molecule has 0 radical (unpaired) electrons. The van der Waals surface area contributed by atoms with Gasteiger partial charge >= 0.3 is 0 Å². The Labute approximate surface area is 98.0 Å². The van der Waals surface area contributed by atoms with Gasteiger partial charge in [-0.3, -0.25) is 0 Å². The van der Waals surface area contributed by atoms with Gasteiger partial charge < -0.3 is 14.4 Å². The van der Waals surface area contributed by atoms with Crippen molar-refractivity contribution in [1.29, 1.82) is 0 Å². The van der Waals surface area contributed by atoms with E-state index in [9.17, 15) is 5.11 Å². The lowest BCUT2D eigenvalue weighted by molar-refractivity contribution is 0.113.